The third-order valence-corrected chi connectivity index (χ3v) is 2.61. The van der Waals surface area contributed by atoms with Crippen LogP contribution in [0.3, 0.4) is 0 Å². The van der Waals surface area contributed by atoms with Gasteiger partial charge in [-0.25, -0.2) is 4.18 Å². The first-order chi connectivity index (χ1) is 7.62. The Bertz CT molecular complexity index is 337. The minimum absolute atomic E-state index is 0.0614. The maximum Gasteiger partial charge on any atom is 0.397 e. The third kappa shape index (κ3) is 11.6. The number of esters is 1. The molecule has 0 aromatic heterocycles. The number of carbonyl (C=O) groups is 1. The van der Waals surface area contributed by atoms with E-state index < -0.39 is 10.4 Å². The van der Waals surface area contributed by atoms with E-state index >= 15 is 0 Å². The summed E-state index contributed by atoms with van der Waals surface area (Å²) >= 11 is 0. The van der Waals surface area contributed by atoms with E-state index in [0.717, 1.165) is 0 Å². The van der Waals surface area contributed by atoms with Crippen molar-refractivity contribution in [2.45, 2.75) is 13.3 Å². The fourth-order valence-electron chi connectivity index (χ4n) is 1.21. The maximum atomic E-state index is 10.6. The summed E-state index contributed by atoms with van der Waals surface area (Å²) in [6.45, 7) is 2.89. The molecule has 102 valence electrons. The molecule has 0 aliphatic carbocycles. The average Bonchev–Trinajstić information content (AvgIpc) is 2.10. The van der Waals surface area contributed by atoms with Gasteiger partial charge in [-0.3, -0.25) is 9.35 Å². The molecule has 0 rings (SSSR count). The second kappa shape index (κ2) is 6.90. The number of rotatable bonds is 8. The molecule has 0 spiro atoms. The zero-order chi connectivity index (χ0) is 13.5. The van der Waals surface area contributed by atoms with Gasteiger partial charge in [0, 0.05) is 13.3 Å². The molecule has 0 saturated heterocycles. The first-order valence-electron chi connectivity index (χ1n) is 5.20. The first-order valence-corrected chi connectivity index (χ1v) is 6.56. The van der Waals surface area contributed by atoms with Gasteiger partial charge in [0.25, 0.3) is 0 Å². The van der Waals surface area contributed by atoms with Crippen molar-refractivity contribution in [3.63, 3.8) is 0 Å². The minimum Gasteiger partial charge on any atom is -0.460 e. The van der Waals surface area contributed by atoms with Gasteiger partial charge >= 0.3 is 16.4 Å². The summed E-state index contributed by atoms with van der Waals surface area (Å²) < 4.78 is 38.5. The van der Waals surface area contributed by atoms with Gasteiger partial charge in [-0.15, -0.1) is 0 Å². The molecule has 0 heterocycles. The van der Waals surface area contributed by atoms with E-state index in [9.17, 15) is 13.2 Å². The lowest BCUT2D eigenvalue weighted by molar-refractivity contribution is -0.890. The second-order valence-electron chi connectivity index (χ2n) is 4.33. The Hall–Kier alpha value is -0.700. The Kier molecular flexibility index (Phi) is 6.61. The molecular formula is C9H20NO6S+. The van der Waals surface area contributed by atoms with Crippen molar-refractivity contribution in [1.29, 1.82) is 0 Å². The summed E-state index contributed by atoms with van der Waals surface area (Å²) in [5.74, 6) is -0.320. The Morgan fingerprint density at radius 2 is 1.82 bits per heavy atom. The molecule has 0 aromatic carbocycles. The van der Waals surface area contributed by atoms with Crippen LogP contribution in [0.5, 0.6) is 0 Å². The van der Waals surface area contributed by atoms with Crippen molar-refractivity contribution in [1.82, 2.24) is 0 Å². The summed E-state index contributed by atoms with van der Waals surface area (Å²) in [5, 5.41) is 0. The lowest BCUT2D eigenvalue weighted by Crippen LogP contribution is -2.43. The number of hydrogen-bond acceptors (Lipinski definition) is 5. The van der Waals surface area contributed by atoms with Gasteiger partial charge in [0.05, 0.1) is 27.2 Å². The van der Waals surface area contributed by atoms with Gasteiger partial charge in [-0.05, 0) is 0 Å². The predicted octanol–water partition coefficient (Wildman–Crippen LogP) is -0.165. The molecule has 8 heteroatoms. The van der Waals surface area contributed by atoms with Gasteiger partial charge in [0.1, 0.15) is 13.2 Å². The Morgan fingerprint density at radius 3 is 2.29 bits per heavy atom. The molecule has 7 nitrogen and oxygen atoms in total. The molecule has 0 radical (unpaired) electrons. The summed E-state index contributed by atoms with van der Waals surface area (Å²) in [6.07, 6.45) is 0.479. The highest BCUT2D eigenvalue weighted by atomic mass is 32.3. The molecule has 0 aromatic rings. The summed E-state index contributed by atoms with van der Waals surface area (Å²) in [6, 6.07) is 0. The SMILES string of the molecule is CC(=O)OCC[N+](C)(C)CCCOS(=O)(=O)O. The molecule has 0 bridgehead atoms. The zero-order valence-electron chi connectivity index (χ0n) is 10.4. The van der Waals surface area contributed by atoms with Gasteiger partial charge in [-0.2, -0.15) is 8.42 Å². The highest BCUT2D eigenvalue weighted by Gasteiger charge is 2.15. The number of hydrogen-bond donors (Lipinski definition) is 1. The molecule has 0 unspecified atom stereocenters. The fourth-order valence-corrected chi connectivity index (χ4v) is 1.53. The number of nitrogens with zero attached hydrogens (tertiary/aromatic N) is 1. The first kappa shape index (κ1) is 16.3. The van der Waals surface area contributed by atoms with Gasteiger partial charge in [0.15, 0.2) is 0 Å². The topological polar surface area (TPSA) is 89.9 Å². The molecule has 0 aliphatic heterocycles. The van der Waals surface area contributed by atoms with Crippen molar-refractivity contribution in [2.75, 3.05) is 40.4 Å². The quantitative estimate of drug-likeness (QED) is 0.285. The zero-order valence-corrected chi connectivity index (χ0v) is 11.2. The van der Waals surface area contributed by atoms with E-state index in [0.29, 0.717) is 30.6 Å². The van der Waals surface area contributed by atoms with Crippen LogP contribution in [0.25, 0.3) is 0 Å². The third-order valence-electron chi connectivity index (χ3n) is 2.14. The highest BCUT2D eigenvalue weighted by Crippen LogP contribution is 2.00. The van der Waals surface area contributed by atoms with E-state index in [1.807, 2.05) is 14.1 Å². The molecule has 1 N–H and O–H groups in total. The molecule has 0 aliphatic rings. The minimum atomic E-state index is -4.35. The lowest BCUT2D eigenvalue weighted by atomic mass is 10.3. The molecule has 17 heavy (non-hydrogen) atoms. The van der Waals surface area contributed by atoms with Crippen molar-refractivity contribution in [3.05, 3.63) is 0 Å². The van der Waals surface area contributed by atoms with E-state index in [4.69, 9.17) is 9.29 Å². The highest BCUT2D eigenvalue weighted by molar-refractivity contribution is 7.80. The predicted molar refractivity (Wildman–Crippen MR) is 60.6 cm³/mol. The van der Waals surface area contributed by atoms with Crippen LogP contribution in [0.15, 0.2) is 0 Å². The molecule has 0 amide bonds. The summed E-state index contributed by atoms with van der Waals surface area (Å²) in [5.41, 5.74) is 0. The van der Waals surface area contributed by atoms with Crippen molar-refractivity contribution in [3.8, 4) is 0 Å². The number of likely N-dealkylation sites (N-methyl/N-ethyl adjacent to an activating group) is 1. The Labute approximate surface area is 102 Å². The van der Waals surface area contributed by atoms with Crippen molar-refractivity contribution in [2.24, 2.45) is 0 Å². The van der Waals surface area contributed by atoms with Crippen LogP contribution in [0, 0.1) is 0 Å². The number of ether oxygens (including phenoxy) is 1. The van der Waals surface area contributed by atoms with Gasteiger partial charge in [-0.1, -0.05) is 0 Å². The normalized spacial score (nSPS) is 12.5. The second-order valence-corrected chi connectivity index (χ2v) is 5.42. The van der Waals surface area contributed by atoms with Crippen LogP contribution >= 0.6 is 0 Å². The standard InChI is InChI=1S/C9H19NO6S/c1-9(11)15-8-6-10(2,3)5-4-7-16-17(12,13)14/h4-8H2,1-3H3/p+1. The summed E-state index contributed by atoms with van der Waals surface area (Å²) in [7, 11) is -0.491. The number of quaternary nitrogens is 1. The largest absolute Gasteiger partial charge is 0.460 e. The van der Waals surface area contributed by atoms with Crippen molar-refractivity contribution < 1.29 is 31.2 Å². The average molecular weight is 270 g/mol. The van der Waals surface area contributed by atoms with Gasteiger partial charge < -0.3 is 9.22 Å². The molecular weight excluding hydrogens is 250 g/mol. The monoisotopic (exact) mass is 270 g/mol. The Morgan fingerprint density at radius 1 is 1.24 bits per heavy atom. The smallest absolute Gasteiger partial charge is 0.397 e. The van der Waals surface area contributed by atoms with E-state index in [1.165, 1.54) is 6.92 Å². The molecule has 0 atom stereocenters. The molecule has 0 fully saturated rings. The summed E-state index contributed by atoms with van der Waals surface area (Å²) in [4.78, 5) is 10.6. The van der Waals surface area contributed by atoms with E-state index in [1.54, 1.807) is 0 Å². The molecule has 0 saturated carbocycles. The van der Waals surface area contributed by atoms with E-state index in [2.05, 4.69) is 4.18 Å². The van der Waals surface area contributed by atoms with Crippen LogP contribution < -0.4 is 0 Å². The van der Waals surface area contributed by atoms with Crippen LogP contribution in [-0.2, 0) is 24.1 Å². The van der Waals surface area contributed by atoms with Crippen molar-refractivity contribution >= 4 is 16.4 Å². The number of carbonyl (C=O) groups excluding carboxylic acids is 1. The van der Waals surface area contributed by atoms with Crippen LogP contribution in [0.1, 0.15) is 13.3 Å². The Balaban J connectivity index is 3.74. The maximum absolute atomic E-state index is 10.6. The van der Waals surface area contributed by atoms with Crippen LogP contribution in [0.2, 0.25) is 0 Å². The lowest BCUT2D eigenvalue weighted by Gasteiger charge is -2.29. The van der Waals surface area contributed by atoms with Crippen LogP contribution in [0.4, 0.5) is 0 Å². The fraction of sp³-hybridized carbons (Fsp3) is 0.889. The van der Waals surface area contributed by atoms with E-state index in [-0.39, 0.29) is 12.6 Å². The van der Waals surface area contributed by atoms with Crippen LogP contribution in [-0.4, -0.2) is 63.8 Å². The van der Waals surface area contributed by atoms with Gasteiger partial charge in [0.2, 0.25) is 0 Å².